The van der Waals surface area contributed by atoms with E-state index in [4.69, 9.17) is 16.3 Å². The van der Waals surface area contributed by atoms with E-state index in [9.17, 15) is 14.9 Å². The fourth-order valence-corrected chi connectivity index (χ4v) is 3.39. The highest BCUT2D eigenvalue weighted by Gasteiger charge is 2.35. The Morgan fingerprint density at radius 3 is 2.68 bits per heavy atom. The molecule has 0 bridgehead atoms. The van der Waals surface area contributed by atoms with E-state index in [0.717, 1.165) is 22.0 Å². The molecule has 132 valence electrons. The van der Waals surface area contributed by atoms with Crippen LogP contribution in [0.25, 0.3) is 10.8 Å². The quantitative estimate of drug-likeness (QED) is 0.436. The van der Waals surface area contributed by atoms with Gasteiger partial charge in [-0.15, -0.1) is 11.6 Å². The normalized spacial score (nSPS) is 16.8. The van der Waals surface area contributed by atoms with Crippen LogP contribution in [0.2, 0.25) is 0 Å². The van der Waals surface area contributed by atoms with Crippen molar-refractivity contribution >= 4 is 39.8 Å². The van der Waals surface area contributed by atoms with Gasteiger partial charge in [0.25, 0.3) is 5.69 Å². The van der Waals surface area contributed by atoms with Crippen molar-refractivity contribution in [1.82, 2.24) is 0 Å². The zero-order chi connectivity index (χ0) is 18.4. The minimum atomic E-state index is -0.590. The van der Waals surface area contributed by atoms with Crippen LogP contribution in [-0.2, 0) is 4.74 Å². The molecule has 0 radical (unpaired) electrons. The zero-order valence-corrected chi connectivity index (χ0v) is 15.0. The Balaban J connectivity index is 2.09. The summed E-state index contributed by atoms with van der Waals surface area (Å²) in [6.07, 6.45) is -0.414. The van der Waals surface area contributed by atoms with E-state index < -0.39 is 16.6 Å². The standard InChI is InChI=1S/C18H19ClN2O4/c1-18(2,3)25-17(22)20-10-12(9-19)16-14-6-5-13(21(23)24)8-11(14)4-7-15(16)20/h4-8,12H,9-10H2,1-3H3. The Bertz CT molecular complexity index is 860. The number of halogens is 1. The molecule has 0 aliphatic carbocycles. The molecule has 1 aliphatic heterocycles. The summed E-state index contributed by atoms with van der Waals surface area (Å²) in [5, 5.41) is 12.6. The average molecular weight is 363 g/mol. The Morgan fingerprint density at radius 2 is 2.08 bits per heavy atom. The molecule has 7 heteroatoms. The van der Waals surface area contributed by atoms with Crippen LogP contribution in [0.3, 0.4) is 0 Å². The number of nitro groups is 1. The van der Waals surface area contributed by atoms with Gasteiger partial charge in [-0.1, -0.05) is 6.07 Å². The first-order chi connectivity index (χ1) is 11.7. The lowest BCUT2D eigenvalue weighted by Crippen LogP contribution is -2.36. The van der Waals surface area contributed by atoms with Crippen LogP contribution in [0.4, 0.5) is 16.2 Å². The first-order valence-corrected chi connectivity index (χ1v) is 8.52. The molecule has 2 aromatic carbocycles. The second-order valence-corrected chi connectivity index (χ2v) is 7.41. The Hall–Kier alpha value is -2.34. The third-order valence-electron chi connectivity index (χ3n) is 4.14. The van der Waals surface area contributed by atoms with Gasteiger partial charge in [0.15, 0.2) is 0 Å². The van der Waals surface area contributed by atoms with Gasteiger partial charge in [-0.25, -0.2) is 4.79 Å². The van der Waals surface area contributed by atoms with Crippen molar-refractivity contribution in [2.45, 2.75) is 32.3 Å². The van der Waals surface area contributed by atoms with E-state index in [-0.39, 0.29) is 11.6 Å². The number of alkyl halides is 1. The van der Waals surface area contributed by atoms with Gasteiger partial charge >= 0.3 is 6.09 Å². The number of rotatable bonds is 2. The molecule has 0 aromatic heterocycles. The van der Waals surface area contributed by atoms with Gasteiger partial charge in [0, 0.05) is 30.5 Å². The predicted molar refractivity (Wildman–Crippen MR) is 97.6 cm³/mol. The Kier molecular flexibility index (Phi) is 4.33. The number of nitrogens with zero attached hydrogens (tertiary/aromatic N) is 2. The topological polar surface area (TPSA) is 72.7 Å². The van der Waals surface area contributed by atoms with E-state index in [0.29, 0.717) is 12.4 Å². The predicted octanol–water partition coefficient (Wildman–Crippen LogP) is 4.83. The lowest BCUT2D eigenvalue weighted by molar-refractivity contribution is -0.384. The molecule has 0 saturated heterocycles. The van der Waals surface area contributed by atoms with Crippen LogP contribution < -0.4 is 4.90 Å². The Labute approximate surface area is 150 Å². The summed E-state index contributed by atoms with van der Waals surface area (Å²) < 4.78 is 5.49. The molecule has 25 heavy (non-hydrogen) atoms. The molecule has 1 aliphatic rings. The molecule has 1 heterocycles. The number of carbonyl (C=O) groups excluding carboxylic acids is 1. The van der Waals surface area contributed by atoms with Gasteiger partial charge in [0.2, 0.25) is 0 Å². The van der Waals surface area contributed by atoms with Crippen molar-refractivity contribution in [3.8, 4) is 0 Å². The number of non-ortho nitro benzene ring substituents is 1. The number of hydrogen-bond acceptors (Lipinski definition) is 4. The second-order valence-electron chi connectivity index (χ2n) is 7.10. The van der Waals surface area contributed by atoms with E-state index in [1.807, 2.05) is 20.8 Å². The monoisotopic (exact) mass is 362 g/mol. The highest BCUT2D eigenvalue weighted by atomic mass is 35.5. The van der Waals surface area contributed by atoms with Crippen molar-refractivity contribution in [1.29, 1.82) is 0 Å². The maximum absolute atomic E-state index is 12.5. The third kappa shape index (κ3) is 3.26. The molecule has 3 rings (SSSR count). The summed E-state index contributed by atoms with van der Waals surface area (Å²) in [7, 11) is 0. The maximum atomic E-state index is 12.5. The third-order valence-corrected chi connectivity index (χ3v) is 4.51. The minimum absolute atomic E-state index is 0.0388. The summed E-state index contributed by atoms with van der Waals surface area (Å²) in [5.41, 5.74) is 1.14. The number of benzene rings is 2. The molecular formula is C18H19ClN2O4. The molecule has 0 spiro atoms. The van der Waals surface area contributed by atoms with Crippen molar-refractivity contribution in [3.05, 3.63) is 46.0 Å². The lowest BCUT2D eigenvalue weighted by atomic mass is 9.96. The smallest absolute Gasteiger partial charge is 0.414 e. The van der Waals surface area contributed by atoms with Crippen LogP contribution in [0, 0.1) is 10.1 Å². The van der Waals surface area contributed by atoms with Gasteiger partial charge in [0.1, 0.15) is 5.60 Å². The first-order valence-electron chi connectivity index (χ1n) is 7.99. The molecule has 1 unspecified atom stereocenters. The van der Waals surface area contributed by atoms with Crippen molar-refractivity contribution in [2.75, 3.05) is 17.3 Å². The van der Waals surface area contributed by atoms with Gasteiger partial charge in [-0.2, -0.15) is 0 Å². The lowest BCUT2D eigenvalue weighted by Gasteiger charge is -2.25. The number of carbonyl (C=O) groups is 1. The van der Waals surface area contributed by atoms with Crippen LogP contribution >= 0.6 is 11.6 Å². The second kappa shape index (κ2) is 6.19. The highest BCUT2D eigenvalue weighted by molar-refractivity contribution is 6.19. The number of ether oxygens (including phenoxy) is 1. The highest BCUT2D eigenvalue weighted by Crippen LogP contribution is 2.42. The average Bonchev–Trinajstić information content (AvgIpc) is 2.91. The van der Waals surface area contributed by atoms with E-state index in [1.54, 1.807) is 23.1 Å². The van der Waals surface area contributed by atoms with E-state index >= 15 is 0 Å². The minimum Gasteiger partial charge on any atom is -0.443 e. The zero-order valence-electron chi connectivity index (χ0n) is 14.3. The summed E-state index contributed by atoms with van der Waals surface area (Å²) in [5.74, 6) is 0.303. The number of nitro benzene ring substituents is 1. The summed E-state index contributed by atoms with van der Waals surface area (Å²) >= 11 is 6.13. The van der Waals surface area contributed by atoms with Gasteiger partial charge in [0.05, 0.1) is 10.6 Å². The molecular weight excluding hydrogens is 344 g/mol. The Morgan fingerprint density at radius 1 is 1.36 bits per heavy atom. The summed E-state index contributed by atoms with van der Waals surface area (Å²) in [6.45, 7) is 5.89. The van der Waals surface area contributed by atoms with Crippen molar-refractivity contribution in [2.24, 2.45) is 0 Å². The number of fused-ring (bicyclic) bond motifs is 3. The fourth-order valence-electron chi connectivity index (χ4n) is 3.13. The van der Waals surface area contributed by atoms with Gasteiger partial charge in [-0.3, -0.25) is 15.0 Å². The molecule has 2 aromatic rings. The van der Waals surface area contributed by atoms with Crippen molar-refractivity contribution in [3.63, 3.8) is 0 Å². The summed E-state index contributed by atoms with van der Waals surface area (Å²) in [6, 6.07) is 8.33. The molecule has 0 saturated carbocycles. The molecule has 0 N–H and O–H groups in total. The summed E-state index contributed by atoms with van der Waals surface area (Å²) in [4.78, 5) is 24.7. The molecule has 1 amide bonds. The van der Waals surface area contributed by atoms with Crippen LogP contribution in [-0.4, -0.2) is 29.0 Å². The van der Waals surface area contributed by atoms with Gasteiger partial charge in [-0.05, 0) is 49.2 Å². The largest absolute Gasteiger partial charge is 0.443 e. The molecule has 1 atom stereocenters. The van der Waals surface area contributed by atoms with E-state index in [2.05, 4.69) is 0 Å². The maximum Gasteiger partial charge on any atom is 0.414 e. The first kappa shape index (κ1) is 17.5. The van der Waals surface area contributed by atoms with E-state index in [1.165, 1.54) is 12.1 Å². The van der Waals surface area contributed by atoms with Crippen LogP contribution in [0.15, 0.2) is 30.3 Å². The SMILES string of the molecule is CC(C)(C)OC(=O)N1CC(CCl)c2c1ccc1cc([N+](=O)[O-])ccc21. The number of amides is 1. The molecule has 0 fully saturated rings. The van der Waals surface area contributed by atoms with Crippen molar-refractivity contribution < 1.29 is 14.5 Å². The van der Waals surface area contributed by atoms with Crippen LogP contribution in [0.1, 0.15) is 32.3 Å². The number of anilines is 1. The number of hydrogen-bond donors (Lipinski definition) is 0. The fraction of sp³-hybridized carbons (Fsp3) is 0.389. The van der Waals surface area contributed by atoms with Crippen LogP contribution in [0.5, 0.6) is 0 Å². The molecule has 6 nitrogen and oxygen atoms in total. The van der Waals surface area contributed by atoms with Gasteiger partial charge < -0.3 is 4.74 Å².